The van der Waals surface area contributed by atoms with Crippen LogP contribution in [0.4, 0.5) is 0 Å². The van der Waals surface area contributed by atoms with Crippen LogP contribution in [0.5, 0.6) is 0 Å². The first-order valence-corrected chi connectivity index (χ1v) is 21.0. The molecule has 0 fully saturated rings. The quantitative estimate of drug-likeness (QED) is 0.102. The summed E-state index contributed by atoms with van der Waals surface area (Å²) in [6, 6.07) is 65.5. The Bertz CT molecular complexity index is 3680. The normalized spacial score (nSPS) is 13.1. The van der Waals surface area contributed by atoms with E-state index in [0.29, 0.717) is 0 Å². The van der Waals surface area contributed by atoms with Crippen molar-refractivity contribution in [2.24, 2.45) is 0 Å². The minimum absolute atomic E-state index is 0.719. The Morgan fingerprint density at radius 3 is 1.93 bits per heavy atom. The van der Waals surface area contributed by atoms with Gasteiger partial charge in [-0.25, -0.2) is 4.98 Å². The summed E-state index contributed by atoms with van der Waals surface area (Å²) in [6.07, 6.45) is 1.82. The molecule has 1 atom stereocenters. The van der Waals surface area contributed by atoms with Crippen LogP contribution < -0.4 is 15.9 Å². The topological polar surface area (TPSA) is 47.3 Å². The van der Waals surface area contributed by atoms with Gasteiger partial charge in [0.25, 0.3) is 0 Å². The summed E-state index contributed by atoms with van der Waals surface area (Å²) < 4.78 is 18.0. The molecule has 0 saturated heterocycles. The molecule has 3 heterocycles. The smallest absolute Gasteiger partial charge is 0.173 e. The third-order valence-electron chi connectivity index (χ3n) is 11.8. The number of hydrogen-bond acceptors (Lipinski definition) is 3. The molecule has 0 aliphatic rings. The molecule has 12 rings (SSSR count). The second-order valence-corrected chi connectivity index (χ2v) is 17.7. The van der Waals surface area contributed by atoms with Crippen molar-refractivity contribution in [3.63, 3.8) is 0 Å². The average Bonchev–Trinajstić information content (AvgIpc) is 3.67. The van der Waals surface area contributed by atoms with Crippen molar-refractivity contribution >= 4 is 105 Å². The lowest BCUT2D eigenvalue weighted by molar-refractivity contribution is 0.592. The summed E-state index contributed by atoms with van der Waals surface area (Å²) in [5.41, 5.74) is 7.07. The fourth-order valence-corrected chi connectivity index (χ4v) is 11.9. The number of rotatable bonds is 4. The molecule has 9 aromatic carbocycles. The van der Waals surface area contributed by atoms with E-state index < -0.39 is 7.14 Å². The SMILES string of the molecule is O=P(c1ccccc1)(c1cnc2cc(-c3ccc4nc5c6c7ccccc7ccc6c6cc7ccccc7cc6n5c4c3)ccc2c1)c1cccc2ccccc12. The Morgan fingerprint density at radius 2 is 1.09 bits per heavy atom. The number of fused-ring (bicyclic) bond motifs is 13. The minimum atomic E-state index is -3.28. The number of hydrogen-bond donors (Lipinski definition) is 0. The zero-order chi connectivity index (χ0) is 37.7. The molecule has 3 aromatic heterocycles. The minimum Gasteiger partial charge on any atom is -0.309 e. The average molecular weight is 746 g/mol. The molecule has 0 saturated carbocycles. The summed E-state index contributed by atoms with van der Waals surface area (Å²) in [7, 11) is -3.28. The fraction of sp³-hybridized carbons (Fsp3) is 0. The van der Waals surface area contributed by atoms with Crippen LogP contribution in [0.1, 0.15) is 0 Å². The molecular weight excluding hydrogens is 714 g/mol. The maximum absolute atomic E-state index is 15.6. The molecule has 0 amide bonds. The van der Waals surface area contributed by atoms with Gasteiger partial charge in [0.05, 0.1) is 22.1 Å². The monoisotopic (exact) mass is 745 g/mol. The van der Waals surface area contributed by atoms with Gasteiger partial charge in [-0.2, -0.15) is 0 Å². The Hall–Kier alpha value is -7.13. The standard InChI is InChI=1S/C52H32N3OP/c56-57(40-16-2-1-3-17-40,50-20-10-15-33-11-6-8-18-42(33)50)41-27-39-22-21-37(29-47(39)53-32-41)38-24-26-46-49(31-38)55-48-30-36-14-5-4-13-35(36)28-45(48)44-25-23-34-12-7-9-19-43(34)51(44)52(55)54-46/h1-32H. The predicted octanol–water partition coefficient (Wildman–Crippen LogP) is 12.1. The zero-order valence-corrected chi connectivity index (χ0v) is 31.6. The van der Waals surface area contributed by atoms with E-state index in [0.717, 1.165) is 76.3 Å². The van der Waals surface area contributed by atoms with E-state index in [2.05, 4.69) is 138 Å². The largest absolute Gasteiger partial charge is 0.309 e. The van der Waals surface area contributed by atoms with Crippen molar-refractivity contribution in [2.45, 2.75) is 0 Å². The van der Waals surface area contributed by atoms with E-state index in [-0.39, 0.29) is 0 Å². The Balaban J connectivity index is 1.05. The number of nitrogens with zero attached hydrogens (tertiary/aromatic N) is 3. The number of pyridine rings is 2. The summed E-state index contributed by atoms with van der Waals surface area (Å²) in [6.45, 7) is 0. The molecule has 0 spiro atoms. The summed E-state index contributed by atoms with van der Waals surface area (Å²) in [4.78, 5) is 10.3. The highest BCUT2D eigenvalue weighted by atomic mass is 31.2. The van der Waals surface area contributed by atoms with Crippen LogP contribution in [0.2, 0.25) is 0 Å². The lowest BCUT2D eigenvalue weighted by atomic mass is 9.97. The third-order valence-corrected chi connectivity index (χ3v) is 14.9. The highest BCUT2D eigenvalue weighted by molar-refractivity contribution is 7.85. The highest BCUT2D eigenvalue weighted by Gasteiger charge is 2.32. The first-order chi connectivity index (χ1) is 28.1. The third kappa shape index (κ3) is 4.78. The van der Waals surface area contributed by atoms with Gasteiger partial charge >= 0.3 is 0 Å². The molecule has 1 unspecified atom stereocenters. The van der Waals surface area contributed by atoms with E-state index in [1.54, 1.807) is 0 Å². The zero-order valence-electron chi connectivity index (χ0n) is 30.7. The van der Waals surface area contributed by atoms with Gasteiger partial charge < -0.3 is 4.57 Å². The first-order valence-electron chi connectivity index (χ1n) is 19.2. The molecule has 0 N–H and O–H groups in total. The molecule has 12 aromatic rings. The molecule has 0 bridgehead atoms. The van der Waals surface area contributed by atoms with Crippen LogP contribution in [0, 0.1) is 0 Å². The first kappa shape index (κ1) is 32.1. The lowest BCUT2D eigenvalue weighted by Crippen LogP contribution is -2.26. The second kappa shape index (κ2) is 12.2. The fourth-order valence-electron chi connectivity index (χ4n) is 9.04. The molecule has 4 nitrogen and oxygen atoms in total. The van der Waals surface area contributed by atoms with Crippen molar-refractivity contribution in [1.82, 2.24) is 14.4 Å². The van der Waals surface area contributed by atoms with Gasteiger partial charge in [-0.1, -0.05) is 152 Å². The van der Waals surface area contributed by atoms with E-state index in [9.17, 15) is 0 Å². The Morgan fingerprint density at radius 1 is 0.421 bits per heavy atom. The summed E-state index contributed by atoms with van der Waals surface area (Å²) >= 11 is 0. The molecule has 0 aliphatic carbocycles. The van der Waals surface area contributed by atoms with Gasteiger partial charge in [0.2, 0.25) is 0 Å². The maximum Gasteiger partial charge on any atom is 0.173 e. The summed E-state index contributed by atoms with van der Waals surface area (Å²) in [5.74, 6) is 0. The lowest BCUT2D eigenvalue weighted by Gasteiger charge is -2.22. The van der Waals surface area contributed by atoms with Gasteiger partial charge in [-0.15, -0.1) is 0 Å². The van der Waals surface area contributed by atoms with Crippen molar-refractivity contribution in [2.75, 3.05) is 0 Å². The summed E-state index contributed by atoms with van der Waals surface area (Å²) in [5, 5.41) is 13.7. The van der Waals surface area contributed by atoms with Gasteiger partial charge in [0, 0.05) is 38.3 Å². The van der Waals surface area contributed by atoms with E-state index in [4.69, 9.17) is 9.97 Å². The maximum atomic E-state index is 15.6. The number of aromatic nitrogens is 3. The molecule has 57 heavy (non-hydrogen) atoms. The van der Waals surface area contributed by atoms with Crippen molar-refractivity contribution in [1.29, 1.82) is 0 Å². The van der Waals surface area contributed by atoms with Crippen LogP contribution in [0.15, 0.2) is 194 Å². The van der Waals surface area contributed by atoms with Crippen LogP contribution in [0.25, 0.3) is 92.7 Å². The number of imidazole rings is 1. The van der Waals surface area contributed by atoms with Gasteiger partial charge in [0.15, 0.2) is 7.14 Å². The Kier molecular flexibility index (Phi) is 6.87. The second-order valence-electron chi connectivity index (χ2n) is 14.9. The van der Waals surface area contributed by atoms with Crippen LogP contribution in [0.3, 0.4) is 0 Å². The van der Waals surface area contributed by atoms with Crippen molar-refractivity contribution < 1.29 is 4.57 Å². The Labute approximate surface area is 327 Å². The van der Waals surface area contributed by atoms with Gasteiger partial charge in [-0.3, -0.25) is 9.38 Å². The van der Waals surface area contributed by atoms with E-state index >= 15 is 4.57 Å². The molecule has 0 radical (unpaired) electrons. The van der Waals surface area contributed by atoms with Crippen molar-refractivity contribution in [3.05, 3.63) is 194 Å². The van der Waals surface area contributed by atoms with Gasteiger partial charge in [0.1, 0.15) is 5.65 Å². The highest BCUT2D eigenvalue weighted by Crippen LogP contribution is 2.45. The molecule has 0 aliphatic heterocycles. The molecule has 266 valence electrons. The van der Waals surface area contributed by atoms with E-state index in [1.165, 1.54) is 32.3 Å². The van der Waals surface area contributed by atoms with Crippen molar-refractivity contribution in [3.8, 4) is 11.1 Å². The van der Waals surface area contributed by atoms with Crippen LogP contribution in [-0.2, 0) is 4.57 Å². The van der Waals surface area contributed by atoms with E-state index in [1.807, 2.05) is 60.8 Å². The molecule has 5 heteroatoms. The van der Waals surface area contributed by atoms with Gasteiger partial charge in [-0.05, 0) is 85.2 Å². The number of benzene rings is 9. The molecular formula is C52H32N3OP. The van der Waals surface area contributed by atoms with Crippen LogP contribution in [-0.4, -0.2) is 14.4 Å². The predicted molar refractivity (Wildman–Crippen MR) is 240 cm³/mol. The van der Waals surface area contributed by atoms with Crippen LogP contribution >= 0.6 is 7.14 Å².